The van der Waals surface area contributed by atoms with Gasteiger partial charge in [0.15, 0.2) is 0 Å². The summed E-state index contributed by atoms with van der Waals surface area (Å²) in [5, 5.41) is 11.4. The molecule has 5 nitrogen and oxygen atoms in total. The third-order valence-corrected chi connectivity index (χ3v) is 4.90. The van der Waals surface area contributed by atoms with Gasteiger partial charge in [-0.1, -0.05) is 29.8 Å². The summed E-state index contributed by atoms with van der Waals surface area (Å²) in [4.78, 5) is 8.55. The van der Waals surface area contributed by atoms with Crippen molar-refractivity contribution in [3.05, 3.63) is 77.1 Å². The molecule has 1 atom stereocenters. The lowest BCUT2D eigenvalue weighted by atomic mass is 9.95. The van der Waals surface area contributed by atoms with Gasteiger partial charge in [0, 0.05) is 29.4 Å². The summed E-state index contributed by atoms with van der Waals surface area (Å²) >= 11 is 6.17. The van der Waals surface area contributed by atoms with E-state index in [2.05, 4.69) is 37.6 Å². The molecule has 4 rings (SSSR count). The van der Waals surface area contributed by atoms with Crippen LogP contribution in [0.4, 0.5) is 0 Å². The van der Waals surface area contributed by atoms with E-state index in [9.17, 15) is 0 Å². The van der Waals surface area contributed by atoms with E-state index < -0.39 is 0 Å². The van der Waals surface area contributed by atoms with E-state index in [1.807, 2.05) is 30.5 Å². The van der Waals surface area contributed by atoms with Crippen LogP contribution in [0.1, 0.15) is 35.8 Å². The van der Waals surface area contributed by atoms with Gasteiger partial charge in [0.1, 0.15) is 12.2 Å². The number of nitrogens with zero attached hydrogens (tertiary/aromatic N) is 3. The number of rotatable bonds is 6. The molecule has 3 aromatic rings. The fourth-order valence-corrected chi connectivity index (χ4v) is 3.30. The number of aromatic nitrogens is 4. The van der Waals surface area contributed by atoms with E-state index in [-0.39, 0.29) is 11.5 Å². The third-order valence-electron chi connectivity index (χ3n) is 4.66. The highest BCUT2D eigenvalue weighted by molar-refractivity contribution is 6.30. The molecule has 1 aliphatic rings. The second-order valence-electron chi connectivity index (χ2n) is 6.26. The highest BCUT2D eigenvalue weighted by atomic mass is 35.5. The molecule has 1 saturated carbocycles. The van der Waals surface area contributed by atoms with Gasteiger partial charge in [-0.15, -0.1) is 0 Å². The van der Waals surface area contributed by atoms with Crippen molar-refractivity contribution in [1.29, 1.82) is 0 Å². The monoisotopic (exact) mass is 339 g/mol. The zero-order valence-electron chi connectivity index (χ0n) is 13.1. The smallest absolute Gasteiger partial charge is 0.146 e. The minimum absolute atomic E-state index is 0.0575. The van der Waals surface area contributed by atoms with Crippen LogP contribution in [-0.2, 0) is 5.41 Å². The predicted molar refractivity (Wildman–Crippen MR) is 92.8 cm³/mol. The molecule has 6 heteroatoms. The number of pyridine rings is 1. The van der Waals surface area contributed by atoms with Gasteiger partial charge in [0.05, 0.1) is 6.04 Å². The van der Waals surface area contributed by atoms with Crippen LogP contribution in [0.3, 0.4) is 0 Å². The van der Waals surface area contributed by atoms with Crippen LogP contribution in [-0.4, -0.2) is 26.7 Å². The number of hydrogen-bond donors (Lipinski definition) is 2. The molecule has 2 N–H and O–H groups in total. The molecule has 1 aromatic carbocycles. The Morgan fingerprint density at radius 3 is 2.83 bits per heavy atom. The number of H-pyrrole nitrogens is 1. The summed E-state index contributed by atoms with van der Waals surface area (Å²) < 4.78 is 0. The summed E-state index contributed by atoms with van der Waals surface area (Å²) in [5.74, 6) is 0.796. The number of hydrogen-bond acceptors (Lipinski definition) is 4. The Bertz CT molecular complexity index is 799. The van der Waals surface area contributed by atoms with E-state index in [4.69, 9.17) is 11.6 Å². The summed E-state index contributed by atoms with van der Waals surface area (Å²) in [6.45, 7) is 0.855. The summed E-state index contributed by atoms with van der Waals surface area (Å²) in [5.41, 5.74) is 2.52. The Labute approximate surface area is 145 Å². The van der Waals surface area contributed by atoms with Crippen molar-refractivity contribution >= 4 is 11.6 Å². The van der Waals surface area contributed by atoms with Crippen LogP contribution < -0.4 is 5.32 Å². The second kappa shape index (κ2) is 6.34. The zero-order chi connectivity index (χ0) is 16.4. The van der Waals surface area contributed by atoms with E-state index in [1.165, 1.54) is 11.9 Å². The molecule has 122 valence electrons. The third kappa shape index (κ3) is 3.05. The Morgan fingerprint density at radius 2 is 2.17 bits per heavy atom. The van der Waals surface area contributed by atoms with Crippen LogP contribution in [0.15, 0.2) is 55.1 Å². The Morgan fingerprint density at radius 1 is 1.25 bits per heavy atom. The molecule has 0 spiro atoms. The van der Waals surface area contributed by atoms with Gasteiger partial charge in [-0.2, -0.15) is 5.10 Å². The zero-order valence-corrected chi connectivity index (χ0v) is 13.9. The maximum atomic E-state index is 6.17. The van der Waals surface area contributed by atoms with Crippen LogP contribution in [0.25, 0.3) is 0 Å². The van der Waals surface area contributed by atoms with Gasteiger partial charge in [0.2, 0.25) is 0 Å². The molecule has 2 aromatic heterocycles. The maximum absolute atomic E-state index is 6.17. The molecule has 0 radical (unpaired) electrons. The topological polar surface area (TPSA) is 66.5 Å². The van der Waals surface area contributed by atoms with Crippen molar-refractivity contribution in [3.63, 3.8) is 0 Å². The summed E-state index contributed by atoms with van der Waals surface area (Å²) in [6.07, 6.45) is 7.49. The standard InChI is InChI=1S/C18H18ClN5/c19-15-5-1-4-14(9-15)18(6-7-18)11-21-16(17-22-12-23-24-17)13-3-2-8-20-10-13/h1-5,8-10,12,16,21H,6-7,11H2,(H,22,23,24). The van der Waals surface area contributed by atoms with Crippen LogP contribution >= 0.6 is 11.6 Å². The molecule has 0 saturated heterocycles. The lowest BCUT2D eigenvalue weighted by molar-refractivity contribution is 0.514. The van der Waals surface area contributed by atoms with Crippen LogP contribution in [0.5, 0.6) is 0 Å². The summed E-state index contributed by atoms with van der Waals surface area (Å²) in [7, 11) is 0. The Balaban J connectivity index is 1.56. The molecular weight excluding hydrogens is 322 g/mol. The molecule has 0 aliphatic heterocycles. The molecule has 2 heterocycles. The van der Waals surface area contributed by atoms with E-state index in [1.54, 1.807) is 6.20 Å². The normalized spacial score (nSPS) is 16.7. The molecule has 0 bridgehead atoms. The first kappa shape index (κ1) is 15.3. The van der Waals surface area contributed by atoms with Gasteiger partial charge in [0.25, 0.3) is 0 Å². The molecule has 1 aliphatic carbocycles. The van der Waals surface area contributed by atoms with Gasteiger partial charge in [-0.05, 0) is 42.2 Å². The number of halogens is 1. The van der Waals surface area contributed by atoms with Crippen molar-refractivity contribution < 1.29 is 0 Å². The van der Waals surface area contributed by atoms with Gasteiger partial charge in [-0.25, -0.2) is 4.98 Å². The first-order valence-corrected chi connectivity index (χ1v) is 8.39. The fourth-order valence-electron chi connectivity index (χ4n) is 3.11. The van der Waals surface area contributed by atoms with Gasteiger partial charge >= 0.3 is 0 Å². The lowest BCUT2D eigenvalue weighted by Gasteiger charge is -2.22. The fraction of sp³-hybridized carbons (Fsp3) is 0.278. The number of benzene rings is 1. The first-order valence-electron chi connectivity index (χ1n) is 8.01. The quantitative estimate of drug-likeness (QED) is 0.723. The summed E-state index contributed by atoms with van der Waals surface area (Å²) in [6, 6.07) is 12.1. The van der Waals surface area contributed by atoms with Crippen molar-refractivity contribution in [2.45, 2.75) is 24.3 Å². The molecular formula is C18H18ClN5. The average Bonchev–Trinajstić information content (AvgIpc) is 3.21. The van der Waals surface area contributed by atoms with Crippen LogP contribution in [0, 0.1) is 0 Å². The lowest BCUT2D eigenvalue weighted by Crippen LogP contribution is -2.32. The van der Waals surface area contributed by atoms with Crippen molar-refractivity contribution in [2.24, 2.45) is 0 Å². The first-order chi connectivity index (χ1) is 11.8. The van der Waals surface area contributed by atoms with Gasteiger partial charge in [-0.3, -0.25) is 10.1 Å². The van der Waals surface area contributed by atoms with E-state index in [0.29, 0.717) is 0 Å². The van der Waals surface area contributed by atoms with Gasteiger partial charge < -0.3 is 5.32 Å². The minimum Gasteiger partial charge on any atom is -0.303 e. The highest BCUT2D eigenvalue weighted by Crippen LogP contribution is 2.48. The van der Waals surface area contributed by atoms with Crippen molar-refractivity contribution in [1.82, 2.24) is 25.5 Å². The number of nitrogens with one attached hydrogen (secondary N) is 2. The number of aromatic amines is 1. The van der Waals surface area contributed by atoms with E-state index >= 15 is 0 Å². The molecule has 24 heavy (non-hydrogen) atoms. The van der Waals surface area contributed by atoms with Crippen LogP contribution in [0.2, 0.25) is 5.02 Å². The van der Waals surface area contributed by atoms with Crippen molar-refractivity contribution in [3.8, 4) is 0 Å². The highest BCUT2D eigenvalue weighted by Gasteiger charge is 2.44. The molecule has 1 fully saturated rings. The second-order valence-corrected chi connectivity index (χ2v) is 6.70. The minimum atomic E-state index is -0.0575. The largest absolute Gasteiger partial charge is 0.303 e. The molecule has 1 unspecified atom stereocenters. The van der Waals surface area contributed by atoms with E-state index in [0.717, 1.165) is 35.8 Å². The van der Waals surface area contributed by atoms with Crippen molar-refractivity contribution in [2.75, 3.05) is 6.54 Å². The Kier molecular flexibility index (Phi) is 4.04. The predicted octanol–water partition coefficient (Wildman–Crippen LogP) is 3.26. The molecule has 0 amide bonds. The maximum Gasteiger partial charge on any atom is 0.146 e. The Hall–Kier alpha value is -2.24. The SMILES string of the molecule is Clc1cccc(C2(CNC(c3cccnc3)c3ncn[nH]3)CC2)c1. The average molecular weight is 340 g/mol.